The summed E-state index contributed by atoms with van der Waals surface area (Å²) in [6.07, 6.45) is 1.37. The SMILES string of the molecule is CCOc1cc(/C=C(\C#N)C(=O)Nc2ccc(O)cc2)ccc1OCC(=O)O. The maximum absolute atomic E-state index is 12.3. The van der Waals surface area contributed by atoms with Crippen LogP contribution in [0.1, 0.15) is 12.5 Å². The highest BCUT2D eigenvalue weighted by Gasteiger charge is 2.12. The molecule has 0 saturated heterocycles. The molecule has 2 rings (SSSR count). The quantitative estimate of drug-likeness (QED) is 0.364. The average Bonchev–Trinajstić information content (AvgIpc) is 2.67. The lowest BCUT2D eigenvalue weighted by molar-refractivity contribution is -0.139. The molecule has 0 aliphatic carbocycles. The molecule has 0 aromatic heterocycles. The molecule has 0 spiro atoms. The van der Waals surface area contributed by atoms with E-state index in [1.807, 2.05) is 6.07 Å². The van der Waals surface area contributed by atoms with E-state index in [9.17, 15) is 20.0 Å². The number of benzene rings is 2. The molecule has 8 heteroatoms. The van der Waals surface area contributed by atoms with E-state index < -0.39 is 18.5 Å². The molecule has 0 aliphatic heterocycles. The van der Waals surface area contributed by atoms with Crippen LogP contribution in [0.15, 0.2) is 48.0 Å². The normalized spacial score (nSPS) is 10.6. The van der Waals surface area contributed by atoms with Crippen LogP contribution in [-0.4, -0.2) is 35.3 Å². The number of carboxylic acid groups (broad SMARTS) is 1. The minimum atomic E-state index is -1.12. The second kappa shape index (κ2) is 9.64. The molecule has 0 radical (unpaired) electrons. The van der Waals surface area contributed by atoms with E-state index in [0.717, 1.165) is 0 Å². The lowest BCUT2D eigenvalue weighted by atomic mass is 10.1. The molecule has 0 heterocycles. The minimum Gasteiger partial charge on any atom is -0.508 e. The van der Waals surface area contributed by atoms with Crippen LogP contribution in [0.5, 0.6) is 17.2 Å². The number of hydrogen-bond acceptors (Lipinski definition) is 6. The number of carboxylic acids is 1. The number of nitrogens with zero attached hydrogens (tertiary/aromatic N) is 1. The van der Waals surface area contributed by atoms with Gasteiger partial charge in [-0.05, 0) is 55.0 Å². The zero-order valence-electron chi connectivity index (χ0n) is 15.0. The van der Waals surface area contributed by atoms with Crippen molar-refractivity contribution in [3.8, 4) is 23.3 Å². The van der Waals surface area contributed by atoms with E-state index in [2.05, 4.69) is 5.32 Å². The third-order valence-electron chi connectivity index (χ3n) is 3.42. The Hall–Kier alpha value is -3.99. The summed E-state index contributed by atoms with van der Waals surface area (Å²) in [4.78, 5) is 23.0. The number of carbonyl (C=O) groups is 2. The van der Waals surface area contributed by atoms with Gasteiger partial charge in [0, 0.05) is 5.69 Å². The minimum absolute atomic E-state index is 0.0581. The molecule has 144 valence electrons. The molecule has 8 nitrogen and oxygen atoms in total. The molecule has 1 amide bonds. The van der Waals surface area contributed by atoms with E-state index in [-0.39, 0.29) is 17.1 Å². The van der Waals surface area contributed by atoms with Gasteiger partial charge in [0.25, 0.3) is 5.91 Å². The summed E-state index contributed by atoms with van der Waals surface area (Å²) in [6.45, 7) is 1.56. The first-order valence-corrected chi connectivity index (χ1v) is 8.26. The van der Waals surface area contributed by atoms with Gasteiger partial charge >= 0.3 is 5.97 Å². The van der Waals surface area contributed by atoms with Gasteiger partial charge in [0.05, 0.1) is 6.61 Å². The Labute approximate surface area is 161 Å². The summed E-state index contributed by atoms with van der Waals surface area (Å²) in [5, 5.41) is 29.9. The number of ether oxygens (including phenoxy) is 2. The molecule has 3 N–H and O–H groups in total. The monoisotopic (exact) mass is 382 g/mol. The van der Waals surface area contributed by atoms with Crippen molar-refractivity contribution in [2.45, 2.75) is 6.92 Å². The molecule has 0 bridgehead atoms. The number of rotatable bonds is 8. The number of carbonyl (C=O) groups excluding carboxylic acids is 1. The van der Waals surface area contributed by atoms with Crippen molar-refractivity contribution in [3.63, 3.8) is 0 Å². The fourth-order valence-electron chi connectivity index (χ4n) is 2.20. The van der Waals surface area contributed by atoms with Gasteiger partial charge in [0.2, 0.25) is 0 Å². The van der Waals surface area contributed by atoms with Gasteiger partial charge in [-0.1, -0.05) is 6.07 Å². The highest BCUT2D eigenvalue weighted by Crippen LogP contribution is 2.29. The predicted molar refractivity (Wildman–Crippen MR) is 101 cm³/mol. The number of anilines is 1. The Morgan fingerprint density at radius 3 is 2.46 bits per heavy atom. The number of aromatic hydroxyl groups is 1. The lowest BCUT2D eigenvalue weighted by Gasteiger charge is -2.11. The number of nitriles is 1. The molecule has 0 aliphatic rings. The fourth-order valence-corrected chi connectivity index (χ4v) is 2.20. The van der Waals surface area contributed by atoms with Gasteiger partial charge in [-0.3, -0.25) is 4.79 Å². The van der Waals surface area contributed by atoms with Crippen molar-refractivity contribution < 1.29 is 29.3 Å². The highest BCUT2D eigenvalue weighted by molar-refractivity contribution is 6.09. The molecule has 28 heavy (non-hydrogen) atoms. The summed E-state index contributed by atoms with van der Waals surface area (Å²) < 4.78 is 10.6. The Morgan fingerprint density at radius 1 is 1.14 bits per heavy atom. The number of amides is 1. The first-order valence-electron chi connectivity index (χ1n) is 8.26. The van der Waals surface area contributed by atoms with Crippen LogP contribution in [0.3, 0.4) is 0 Å². The van der Waals surface area contributed by atoms with Crippen molar-refractivity contribution in [2.75, 3.05) is 18.5 Å². The van der Waals surface area contributed by atoms with Crippen molar-refractivity contribution in [1.29, 1.82) is 5.26 Å². The Balaban J connectivity index is 2.23. The van der Waals surface area contributed by atoms with Crippen LogP contribution in [0, 0.1) is 11.3 Å². The maximum atomic E-state index is 12.3. The number of hydrogen-bond donors (Lipinski definition) is 3. The summed E-state index contributed by atoms with van der Waals surface area (Å²) in [5.41, 5.74) is 0.787. The Morgan fingerprint density at radius 2 is 1.86 bits per heavy atom. The van der Waals surface area contributed by atoms with Crippen LogP contribution in [0.2, 0.25) is 0 Å². The lowest BCUT2D eigenvalue weighted by Crippen LogP contribution is -2.13. The van der Waals surface area contributed by atoms with Crippen molar-refractivity contribution in [3.05, 3.63) is 53.6 Å². The van der Waals surface area contributed by atoms with E-state index >= 15 is 0 Å². The van der Waals surface area contributed by atoms with Crippen LogP contribution >= 0.6 is 0 Å². The molecule has 0 unspecified atom stereocenters. The van der Waals surface area contributed by atoms with E-state index in [0.29, 0.717) is 23.6 Å². The molecule has 0 saturated carbocycles. The van der Waals surface area contributed by atoms with Gasteiger partial charge < -0.3 is 25.0 Å². The zero-order valence-corrected chi connectivity index (χ0v) is 15.0. The van der Waals surface area contributed by atoms with Crippen LogP contribution in [-0.2, 0) is 9.59 Å². The standard InChI is InChI=1S/C20H18N2O6/c1-2-27-18-10-13(3-8-17(18)28-12-19(24)25)9-14(11-21)20(26)22-15-4-6-16(23)7-5-15/h3-10,23H,2,12H2,1H3,(H,22,26)(H,24,25)/b14-9+. The topological polar surface area (TPSA) is 129 Å². The average molecular weight is 382 g/mol. The van der Waals surface area contributed by atoms with Crippen LogP contribution < -0.4 is 14.8 Å². The van der Waals surface area contributed by atoms with Crippen molar-refractivity contribution >= 4 is 23.6 Å². The zero-order chi connectivity index (χ0) is 20.5. The van der Waals surface area contributed by atoms with E-state index in [1.165, 1.54) is 36.4 Å². The molecule has 0 atom stereocenters. The van der Waals surface area contributed by atoms with Crippen molar-refractivity contribution in [1.82, 2.24) is 0 Å². The first-order chi connectivity index (χ1) is 13.4. The van der Waals surface area contributed by atoms with Gasteiger partial charge in [0.15, 0.2) is 18.1 Å². The Kier molecular flexibility index (Phi) is 6.99. The molecule has 2 aromatic rings. The smallest absolute Gasteiger partial charge is 0.341 e. The second-order valence-electron chi connectivity index (χ2n) is 5.49. The Bertz CT molecular complexity index is 929. The third kappa shape index (κ3) is 5.78. The van der Waals surface area contributed by atoms with Gasteiger partial charge in [-0.15, -0.1) is 0 Å². The van der Waals surface area contributed by atoms with E-state index in [4.69, 9.17) is 14.6 Å². The summed E-state index contributed by atoms with van der Waals surface area (Å²) in [5.74, 6) is -1.13. The fraction of sp³-hybridized carbons (Fsp3) is 0.150. The maximum Gasteiger partial charge on any atom is 0.341 e. The number of phenolic OH excluding ortho intramolecular Hbond substituents is 1. The number of aliphatic carboxylic acids is 1. The van der Waals surface area contributed by atoms with Crippen LogP contribution in [0.25, 0.3) is 6.08 Å². The molecule has 2 aromatic carbocycles. The van der Waals surface area contributed by atoms with E-state index in [1.54, 1.807) is 19.1 Å². The third-order valence-corrected chi connectivity index (χ3v) is 3.42. The van der Waals surface area contributed by atoms with Gasteiger partial charge in [0.1, 0.15) is 17.4 Å². The molecule has 0 fully saturated rings. The first kappa shape index (κ1) is 20.3. The second-order valence-corrected chi connectivity index (χ2v) is 5.49. The summed E-state index contributed by atoms with van der Waals surface area (Å²) in [6, 6.07) is 12.3. The molecular formula is C20H18N2O6. The largest absolute Gasteiger partial charge is 0.508 e. The van der Waals surface area contributed by atoms with Crippen molar-refractivity contribution in [2.24, 2.45) is 0 Å². The van der Waals surface area contributed by atoms with Gasteiger partial charge in [-0.25, -0.2) is 4.79 Å². The number of phenols is 1. The predicted octanol–water partition coefficient (Wildman–Crippen LogP) is 2.80. The van der Waals surface area contributed by atoms with Crippen LogP contribution in [0.4, 0.5) is 5.69 Å². The van der Waals surface area contributed by atoms with Gasteiger partial charge in [-0.2, -0.15) is 5.26 Å². The summed E-state index contributed by atoms with van der Waals surface area (Å²) >= 11 is 0. The molecular weight excluding hydrogens is 364 g/mol. The number of nitrogens with one attached hydrogen (secondary N) is 1. The summed E-state index contributed by atoms with van der Waals surface area (Å²) in [7, 11) is 0. The highest BCUT2D eigenvalue weighted by atomic mass is 16.5.